The second-order valence-corrected chi connectivity index (χ2v) is 3.39. The molecule has 0 spiro atoms. The van der Waals surface area contributed by atoms with Gasteiger partial charge < -0.3 is 5.32 Å². The first-order valence-corrected chi connectivity index (χ1v) is 5.19. The molecular formula is C11H14ClNO. The van der Waals surface area contributed by atoms with E-state index in [1.165, 1.54) is 0 Å². The van der Waals surface area contributed by atoms with Crippen LogP contribution in [0.25, 0.3) is 0 Å². The van der Waals surface area contributed by atoms with Gasteiger partial charge in [0, 0.05) is 30.6 Å². The Balaban J connectivity index is 2.78. The number of Topliss-reactive ketones (excluding diaryl/α,β-unsaturated/α-hetero) is 1. The van der Waals surface area contributed by atoms with Crippen molar-refractivity contribution in [1.82, 2.24) is 0 Å². The van der Waals surface area contributed by atoms with Crippen LogP contribution in [0.2, 0.25) is 0 Å². The average molecular weight is 212 g/mol. The molecule has 0 bridgehead atoms. The Hall–Kier alpha value is -1.02. The molecule has 0 radical (unpaired) electrons. The molecule has 0 saturated carbocycles. The van der Waals surface area contributed by atoms with Crippen LogP contribution in [-0.2, 0) is 0 Å². The number of alkyl halides is 1. The van der Waals surface area contributed by atoms with Crippen LogP contribution in [0.1, 0.15) is 23.2 Å². The molecule has 0 saturated heterocycles. The Morgan fingerprint density at radius 1 is 1.43 bits per heavy atom. The molecule has 0 aromatic heterocycles. The van der Waals surface area contributed by atoms with Crippen LogP contribution >= 0.6 is 11.6 Å². The number of hydrogen-bond acceptors (Lipinski definition) is 2. The monoisotopic (exact) mass is 211 g/mol. The molecule has 1 rings (SSSR count). The van der Waals surface area contributed by atoms with Crippen molar-refractivity contribution >= 4 is 23.1 Å². The smallest absolute Gasteiger partial charge is 0.164 e. The molecule has 0 amide bonds. The third kappa shape index (κ3) is 2.74. The standard InChI is InChI=1S/C11H14ClNO/c1-13-10-6-3-2-5-9(10)11(14)7-4-8-12/h2-3,5-6,13H,4,7-8H2,1H3. The van der Waals surface area contributed by atoms with Crippen molar-refractivity contribution in [3.05, 3.63) is 29.8 Å². The third-order valence-electron chi connectivity index (χ3n) is 2.03. The normalized spacial score (nSPS) is 9.86. The topological polar surface area (TPSA) is 29.1 Å². The van der Waals surface area contributed by atoms with E-state index in [1.807, 2.05) is 31.3 Å². The quantitative estimate of drug-likeness (QED) is 0.600. The lowest BCUT2D eigenvalue weighted by atomic mass is 10.1. The van der Waals surface area contributed by atoms with Crippen molar-refractivity contribution in [1.29, 1.82) is 0 Å². The lowest BCUT2D eigenvalue weighted by Crippen LogP contribution is -2.03. The summed E-state index contributed by atoms with van der Waals surface area (Å²) in [5.74, 6) is 0.684. The second kappa shape index (κ2) is 5.66. The van der Waals surface area contributed by atoms with E-state index in [0.29, 0.717) is 12.3 Å². The predicted molar refractivity (Wildman–Crippen MR) is 60.3 cm³/mol. The van der Waals surface area contributed by atoms with Crippen LogP contribution in [0.5, 0.6) is 0 Å². The maximum Gasteiger partial charge on any atom is 0.164 e. The maximum absolute atomic E-state index is 11.7. The van der Waals surface area contributed by atoms with Gasteiger partial charge in [0.15, 0.2) is 5.78 Å². The summed E-state index contributed by atoms with van der Waals surface area (Å²) in [4.78, 5) is 11.7. The molecule has 3 heteroatoms. The van der Waals surface area contributed by atoms with E-state index < -0.39 is 0 Å². The molecular weight excluding hydrogens is 198 g/mol. The first kappa shape index (κ1) is 11.1. The minimum Gasteiger partial charge on any atom is -0.388 e. The Morgan fingerprint density at radius 2 is 2.14 bits per heavy atom. The van der Waals surface area contributed by atoms with Crippen LogP contribution in [-0.4, -0.2) is 18.7 Å². The summed E-state index contributed by atoms with van der Waals surface area (Å²) in [7, 11) is 1.81. The largest absolute Gasteiger partial charge is 0.388 e. The van der Waals surface area contributed by atoms with Gasteiger partial charge in [0.25, 0.3) is 0 Å². The van der Waals surface area contributed by atoms with Crippen molar-refractivity contribution in [2.45, 2.75) is 12.8 Å². The lowest BCUT2D eigenvalue weighted by Gasteiger charge is -2.06. The van der Waals surface area contributed by atoms with Crippen molar-refractivity contribution in [2.24, 2.45) is 0 Å². The van der Waals surface area contributed by atoms with Gasteiger partial charge in [-0.3, -0.25) is 4.79 Å². The first-order valence-electron chi connectivity index (χ1n) is 4.65. The number of ketones is 1. The van der Waals surface area contributed by atoms with E-state index in [1.54, 1.807) is 0 Å². The zero-order valence-corrected chi connectivity index (χ0v) is 8.97. The van der Waals surface area contributed by atoms with E-state index in [-0.39, 0.29) is 5.78 Å². The van der Waals surface area contributed by atoms with Gasteiger partial charge in [-0.1, -0.05) is 12.1 Å². The fourth-order valence-electron chi connectivity index (χ4n) is 1.31. The third-order valence-corrected chi connectivity index (χ3v) is 2.30. The van der Waals surface area contributed by atoms with Gasteiger partial charge in [-0.05, 0) is 18.6 Å². The summed E-state index contributed by atoms with van der Waals surface area (Å²) < 4.78 is 0. The fourth-order valence-corrected chi connectivity index (χ4v) is 1.44. The van der Waals surface area contributed by atoms with E-state index in [4.69, 9.17) is 11.6 Å². The zero-order chi connectivity index (χ0) is 10.4. The van der Waals surface area contributed by atoms with Gasteiger partial charge >= 0.3 is 0 Å². The van der Waals surface area contributed by atoms with Gasteiger partial charge in [0.2, 0.25) is 0 Å². The van der Waals surface area contributed by atoms with Gasteiger partial charge in [0.05, 0.1) is 0 Å². The molecule has 0 aliphatic carbocycles. The van der Waals surface area contributed by atoms with Crippen LogP contribution in [0.15, 0.2) is 24.3 Å². The van der Waals surface area contributed by atoms with E-state index >= 15 is 0 Å². The SMILES string of the molecule is CNc1ccccc1C(=O)CCCCl. The maximum atomic E-state index is 11.7. The highest BCUT2D eigenvalue weighted by atomic mass is 35.5. The fraction of sp³-hybridized carbons (Fsp3) is 0.364. The molecule has 0 aliphatic rings. The van der Waals surface area contributed by atoms with Gasteiger partial charge in [0.1, 0.15) is 0 Å². The summed E-state index contributed by atoms with van der Waals surface area (Å²) in [6.07, 6.45) is 1.25. The van der Waals surface area contributed by atoms with Crippen LogP contribution in [0.4, 0.5) is 5.69 Å². The summed E-state index contributed by atoms with van der Waals surface area (Å²) in [5.41, 5.74) is 1.63. The van der Waals surface area contributed by atoms with Crippen molar-refractivity contribution in [2.75, 3.05) is 18.2 Å². The van der Waals surface area contributed by atoms with Crippen LogP contribution in [0.3, 0.4) is 0 Å². The number of anilines is 1. The number of para-hydroxylation sites is 1. The molecule has 0 aliphatic heterocycles. The van der Waals surface area contributed by atoms with Crippen molar-refractivity contribution < 1.29 is 4.79 Å². The minimum absolute atomic E-state index is 0.149. The van der Waals surface area contributed by atoms with E-state index in [2.05, 4.69) is 5.32 Å². The molecule has 0 heterocycles. The van der Waals surface area contributed by atoms with Gasteiger partial charge in [-0.15, -0.1) is 11.6 Å². The number of halogens is 1. The molecule has 0 fully saturated rings. The minimum atomic E-state index is 0.149. The number of rotatable bonds is 5. The molecule has 2 nitrogen and oxygen atoms in total. The summed E-state index contributed by atoms with van der Waals surface area (Å²) in [6, 6.07) is 7.51. The van der Waals surface area contributed by atoms with E-state index in [9.17, 15) is 4.79 Å². The zero-order valence-electron chi connectivity index (χ0n) is 8.22. The lowest BCUT2D eigenvalue weighted by molar-refractivity contribution is 0.0982. The summed E-state index contributed by atoms with van der Waals surface area (Å²) in [6.45, 7) is 0. The van der Waals surface area contributed by atoms with E-state index in [0.717, 1.165) is 17.7 Å². The number of carbonyl (C=O) groups excluding carboxylic acids is 1. The number of nitrogens with one attached hydrogen (secondary N) is 1. The number of benzene rings is 1. The molecule has 0 atom stereocenters. The van der Waals surface area contributed by atoms with Gasteiger partial charge in [-0.25, -0.2) is 0 Å². The molecule has 1 aromatic carbocycles. The Morgan fingerprint density at radius 3 is 2.79 bits per heavy atom. The summed E-state index contributed by atoms with van der Waals surface area (Å²) >= 11 is 5.54. The average Bonchev–Trinajstić information content (AvgIpc) is 2.25. The summed E-state index contributed by atoms with van der Waals surface area (Å²) in [5, 5.41) is 3.00. The molecule has 14 heavy (non-hydrogen) atoms. The van der Waals surface area contributed by atoms with Crippen LogP contribution < -0.4 is 5.32 Å². The Bertz CT molecular complexity index is 312. The van der Waals surface area contributed by atoms with Crippen molar-refractivity contribution in [3.8, 4) is 0 Å². The highest BCUT2D eigenvalue weighted by Crippen LogP contribution is 2.16. The first-order chi connectivity index (χ1) is 6.79. The molecule has 1 N–H and O–H groups in total. The Kier molecular flexibility index (Phi) is 4.47. The molecule has 0 unspecified atom stereocenters. The highest BCUT2D eigenvalue weighted by molar-refractivity contribution is 6.18. The Labute approximate surface area is 89.3 Å². The predicted octanol–water partition coefficient (Wildman–Crippen LogP) is 2.93. The second-order valence-electron chi connectivity index (χ2n) is 3.01. The highest BCUT2D eigenvalue weighted by Gasteiger charge is 2.08. The molecule has 76 valence electrons. The molecule has 1 aromatic rings. The van der Waals surface area contributed by atoms with Crippen molar-refractivity contribution in [3.63, 3.8) is 0 Å². The van der Waals surface area contributed by atoms with Crippen LogP contribution in [0, 0.1) is 0 Å². The van der Waals surface area contributed by atoms with Gasteiger partial charge in [-0.2, -0.15) is 0 Å². The number of carbonyl (C=O) groups is 1. The number of hydrogen-bond donors (Lipinski definition) is 1.